The van der Waals surface area contributed by atoms with Crippen molar-refractivity contribution in [3.63, 3.8) is 0 Å². The van der Waals surface area contributed by atoms with E-state index in [4.69, 9.17) is 0 Å². The number of nitrogens with zero attached hydrogens (tertiary/aromatic N) is 6. The Morgan fingerprint density at radius 1 is 0.356 bits per heavy atom. The van der Waals surface area contributed by atoms with Gasteiger partial charge < -0.3 is 19.6 Å². The normalized spacial score (nSPS) is 12.2. The molecule has 0 bridgehead atoms. The summed E-state index contributed by atoms with van der Waals surface area (Å²) in [5, 5.41) is 7.44. The summed E-state index contributed by atoms with van der Waals surface area (Å²) in [5.41, 5.74) is 16.1. The first-order chi connectivity index (χ1) is 36.1. The van der Waals surface area contributed by atoms with E-state index in [0.29, 0.717) is 0 Å². The molecule has 6 nitrogen and oxygen atoms in total. The Morgan fingerprint density at radius 3 is 1.40 bits per heavy atom. The van der Waals surface area contributed by atoms with Gasteiger partial charge in [-0.2, -0.15) is 0 Å². The first kappa shape index (κ1) is 44.8. The minimum absolute atomic E-state index is 0.00465. The molecule has 0 fully saturated rings. The van der Waals surface area contributed by atoms with Gasteiger partial charge in [-0.3, -0.25) is 9.13 Å². The first-order valence-electron chi connectivity index (χ1n) is 26.8. The first-order valence-corrected chi connectivity index (χ1v) is 26.8. The number of fused-ring (bicyclic) bond motifs is 6. The number of anilines is 8. The summed E-state index contributed by atoms with van der Waals surface area (Å²) >= 11 is 0. The van der Waals surface area contributed by atoms with Crippen LogP contribution in [0.5, 0.6) is 0 Å². The van der Waals surface area contributed by atoms with Crippen LogP contribution in [0.4, 0.5) is 45.8 Å². The van der Waals surface area contributed by atoms with E-state index < -0.39 is 0 Å². The van der Waals surface area contributed by atoms with Gasteiger partial charge in [-0.1, -0.05) is 149 Å². The third-order valence-corrected chi connectivity index (χ3v) is 15.5. The molecule has 2 aliphatic heterocycles. The standard InChI is InChI=1S/C66H61BN6/c1-5-39-68(40-6-2)62-44-53-58(70(49-25-11-9-12-26-49)51-34-33-46-21-15-16-23-48(46)43-51)37-35-55-65(53)72(62)60-31-20-32-61-64(60)67(55)56-36-38-59(54-45-63(73(61)66(54)56)69(41-7-3)42-8-4)71(50-27-13-10-14-28-50)57-30-19-24-47-22-17-18-29-52(47)57/h9-38,43-45H,5-8,39-42H2,1-4H3. The lowest BCUT2D eigenvalue weighted by molar-refractivity contribution is 0.727. The van der Waals surface area contributed by atoms with E-state index in [-0.39, 0.29) is 6.71 Å². The van der Waals surface area contributed by atoms with E-state index in [1.165, 1.54) is 99.8 Å². The van der Waals surface area contributed by atoms with Crippen molar-refractivity contribution in [3.8, 4) is 11.4 Å². The van der Waals surface area contributed by atoms with Gasteiger partial charge in [0.15, 0.2) is 0 Å². The second-order valence-electron chi connectivity index (χ2n) is 20.0. The maximum Gasteiger partial charge on any atom is 0.252 e. The summed E-state index contributed by atoms with van der Waals surface area (Å²) in [5.74, 6) is 2.52. The van der Waals surface area contributed by atoms with E-state index >= 15 is 0 Å². The van der Waals surface area contributed by atoms with Crippen LogP contribution in [0.15, 0.2) is 200 Å². The zero-order valence-electron chi connectivity index (χ0n) is 42.5. The number of para-hydroxylation sites is 2. The van der Waals surface area contributed by atoms with Crippen LogP contribution < -0.4 is 36.0 Å². The molecule has 0 saturated carbocycles. The number of benzene rings is 9. The Balaban J connectivity index is 1.12. The molecular weight excluding hydrogens is 888 g/mol. The van der Waals surface area contributed by atoms with Gasteiger partial charge in [-0.15, -0.1) is 0 Å². The van der Waals surface area contributed by atoms with Gasteiger partial charge in [0.1, 0.15) is 11.6 Å². The zero-order chi connectivity index (χ0) is 49.2. The SMILES string of the molecule is CCCN(CCC)c1cc2c(N(c3ccccc3)c3ccc4ccccc4c3)ccc3c2n1-c1cccc2c1B3c1ccc(N(c3ccccc3)c3cccc4ccccc34)c3cc(N(CCC)CCC)n-2c13. The number of hydrogen-bond acceptors (Lipinski definition) is 4. The van der Waals surface area contributed by atoms with E-state index in [1.54, 1.807) is 0 Å². The fourth-order valence-corrected chi connectivity index (χ4v) is 12.6. The lowest BCUT2D eigenvalue weighted by atomic mass is 9.34. The molecule has 0 atom stereocenters. The predicted octanol–water partition coefficient (Wildman–Crippen LogP) is 15.2. The summed E-state index contributed by atoms with van der Waals surface area (Å²) in [6.07, 6.45) is 4.25. The second kappa shape index (κ2) is 18.5. The smallest absolute Gasteiger partial charge is 0.252 e. The van der Waals surface area contributed by atoms with Gasteiger partial charge >= 0.3 is 0 Å². The molecule has 0 radical (unpaired) electrons. The Labute approximate surface area is 430 Å². The Bertz CT molecular complexity index is 3840. The van der Waals surface area contributed by atoms with E-state index in [9.17, 15) is 0 Å². The lowest BCUT2D eigenvalue weighted by Crippen LogP contribution is -2.59. The van der Waals surface area contributed by atoms with E-state index in [2.05, 4.69) is 257 Å². The topological polar surface area (TPSA) is 22.8 Å². The van der Waals surface area contributed by atoms with Crippen molar-refractivity contribution in [3.05, 3.63) is 200 Å². The van der Waals surface area contributed by atoms with Crippen LogP contribution in [0.3, 0.4) is 0 Å². The Kier molecular flexibility index (Phi) is 11.3. The molecule has 7 heteroatoms. The molecule has 0 amide bonds. The van der Waals surface area contributed by atoms with Crippen LogP contribution in [0, 0.1) is 0 Å². The number of hydrogen-bond donors (Lipinski definition) is 0. The van der Waals surface area contributed by atoms with Crippen LogP contribution in [0.25, 0.3) is 54.7 Å². The van der Waals surface area contributed by atoms with E-state index in [0.717, 1.165) is 68.9 Å². The molecule has 358 valence electrons. The van der Waals surface area contributed by atoms with Crippen molar-refractivity contribution >= 4 is 112 Å². The highest BCUT2D eigenvalue weighted by molar-refractivity contribution is 7.00. The van der Waals surface area contributed by atoms with Crippen molar-refractivity contribution < 1.29 is 0 Å². The summed E-state index contributed by atoms with van der Waals surface area (Å²) in [6.45, 7) is 13.2. The maximum absolute atomic E-state index is 2.66. The van der Waals surface area contributed by atoms with Crippen molar-refractivity contribution in [2.24, 2.45) is 0 Å². The summed E-state index contributed by atoms with van der Waals surface area (Å²) in [7, 11) is 0. The fourth-order valence-electron chi connectivity index (χ4n) is 12.6. The fraction of sp³-hybridized carbons (Fsp3) is 0.182. The third-order valence-electron chi connectivity index (χ3n) is 15.5. The third kappa shape index (κ3) is 7.15. The predicted molar refractivity (Wildman–Crippen MR) is 315 cm³/mol. The monoisotopic (exact) mass is 949 g/mol. The van der Waals surface area contributed by atoms with Gasteiger partial charge in [-0.05, 0) is 137 Å². The molecule has 13 rings (SSSR count). The molecule has 73 heavy (non-hydrogen) atoms. The largest absolute Gasteiger partial charge is 0.358 e. The zero-order valence-corrected chi connectivity index (χ0v) is 42.5. The number of rotatable bonds is 16. The van der Waals surface area contributed by atoms with Gasteiger partial charge in [0.05, 0.1) is 28.1 Å². The quantitative estimate of drug-likeness (QED) is 0.0900. The van der Waals surface area contributed by atoms with Crippen molar-refractivity contribution in [2.75, 3.05) is 45.8 Å². The highest BCUT2D eigenvalue weighted by atomic mass is 15.3. The molecule has 0 unspecified atom stereocenters. The molecule has 0 N–H and O–H groups in total. The minimum Gasteiger partial charge on any atom is -0.358 e. The average molecular weight is 949 g/mol. The highest BCUT2D eigenvalue weighted by Crippen LogP contribution is 2.48. The molecule has 2 aromatic heterocycles. The van der Waals surface area contributed by atoms with Crippen molar-refractivity contribution in [1.82, 2.24) is 9.13 Å². The van der Waals surface area contributed by atoms with Gasteiger partial charge in [0.2, 0.25) is 0 Å². The van der Waals surface area contributed by atoms with Gasteiger partial charge in [-0.25, -0.2) is 0 Å². The minimum atomic E-state index is -0.00465. The Morgan fingerprint density at radius 2 is 0.822 bits per heavy atom. The molecule has 0 aliphatic carbocycles. The summed E-state index contributed by atoms with van der Waals surface area (Å²) < 4.78 is 5.32. The molecule has 4 heterocycles. The molecule has 2 aliphatic rings. The summed E-state index contributed by atoms with van der Waals surface area (Å²) in [6, 6.07) is 75.2. The number of aromatic nitrogens is 2. The van der Waals surface area contributed by atoms with Crippen LogP contribution in [-0.4, -0.2) is 42.0 Å². The van der Waals surface area contributed by atoms with Crippen LogP contribution >= 0.6 is 0 Å². The molecule has 0 saturated heterocycles. The van der Waals surface area contributed by atoms with Crippen molar-refractivity contribution in [1.29, 1.82) is 0 Å². The molecule has 9 aromatic carbocycles. The van der Waals surface area contributed by atoms with Crippen LogP contribution in [0.2, 0.25) is 0 Å². The lowest BCUT2D eigenvalue weighted by Gasteiger charge is -2.37. The van der Waals surface area contributed by atoms with Crippen LogP contribution in [0.1, 0.15) is 53.4 Å². The van der Waals surface area contributed by atoms with Crippen LogP contribution in [-0.2, 0) is 0 Å². The second-order valence-corrected chi connectivity index (χ2v) is 20.0. The van der Waals surface area contributed by atoms with Gasteiger partial charge in [0, 0.05) is 70.8 Å². The molecule has 11 aromatic rings. The molecular formula is C66H61BN6. The maximum atomic E-state index is 2.66. The molecule has 0 spiro atoms. The van der Waals surface area contributed by atoms with Gasteiger partial charge in [0.25, 0.3) is 6.71 Å². The average Bonchev–Trinajstić information content (AvgIpc) is 4.04. The van der Waals surface area contributed by atoms with E-state index in [1.807, 2.05) is 0 Å². The van der Waals surface area contributed by atoms with Crippen molar-refractivity contribution in [2.45, 2.75) is 53.4 Å². The Hall–Kier alpha value is -8.16. The summed E-state index contributed by atoms with van der Waals surface area (Å²) in [4.78, 5) is 10.3. The highest BCUT2D eigenvalue weighted by Gasteiger charge is 2.43.